The molecular weight excluding hydrogens is 210 g/mol. The lowest BCUT2D eigenvalue weighted by atomic mass is 10.1. The maximum Gasteiger partial charge on any atom is 0.0537 e. The first-order valence-electron chi connectivity index (χ1n) is 6.91. The van der Waals surface area contributed by atoms with Crippen LogP contribution in [0.25, 0.3) is 0 Å². The molecule has 0 spiro atoms. The molecule has 0 saturated carbocycles. The molecular formula is C14H27N3. The van der Waals surface area contributed by atoms with Gasteiger partial charge in [0.25, 0.3) is 0 Å². The molecule has 0 amide bonds. The Morgan fingerprint density at radius 2 is 2.12 bits per heavy atom. The summed E-state index contributed by atoms with van der Waals surface area (Å²) in [7, 11) is 0. The number of nitrogens with zero attached hydrogens (tertiary/aromatic N) is 2. The second-order valence-corrected chi connectivity index (χ2v) is 5.01. The van der Waals surface area contributed by atoms with Gasteiger partial charge in [-0.25, -0.2) is 0 Å². The largest absolute Gasteiger partial charge is 0.313 e. The van der Waals surface area contributed by atoms with Gasteiger partial charge in [0.15, 0.2) is 0 Å². The Balaban J connectivity index is 2.51. The molecule has 1 atom stereocenters. The average molecular weight is 237 g/mol. The van der Waals surface area contributed by atoms with Gasteiger partial charge in [0.2, 0.25) is 0 Å². The van der Waals surface area contributed by atoms with Crippen LogP contribution in [-0.2, 0) is 13.1 Å². The third kappa shape index (κ3) is 4.50. The zero-order valence-corrected chi connectivity index (χ0v) is 11.8. The molecule has 0 radical (unpaired) electrons. The second-order valence-electron chi connectivity index (χ2n) is 5.01. The van der Waals surface area contributed by atoms with Crippen molar-refractivity contribution in [2.24, 2.45) is 5.92 Å². The molecule has 1 aromatic heterocycles. The van der Waals surface area contributed by atoms with E-state index in [9.17, 15) is 0 Å². The smallest absolute Gasteiger partial charge is 0.0537 e. The van der Waals surface area contributed by atoms with E-state index in [2.05, 4.69) is 42.8 Å². The maximum atomic E-state index is 4.49. The maximum absolute atomic E-state index is 4.49. The number of rotatable bonds is 8. The van der Waals surface area contributed by atoms with Gasteiger partial charge in [-0.15, -0.1) is 0 Å². The fourth-order valence-corrected chi connectivity index (χ4v) is 2.12. The summed E-state index contributed by atoms with van der Waals surface area (Å²) >= 11 is 0. The zero-order chi connectivity index (χ0) is 12.7. The molecule has 0 saturated heterocycles. The van der Waals surface area contributed by atoms with Crippen LogP contribution in [0.4, 0.5) is 0 Å². The van der Waals surface area contributed by atoms with Gasteiger partial charge in [-0.05, 0) is 32.2 Å². The molecule has 0 aliphatic carbocycles. The predicted octanol–water partition coefficient (Wildman–Crippen LogP) is 3.13. The number of aromatic nitrogens is 2. The molecule has 1 N–H and O–H groups in total. The fourth-order valence-electron chi connectivity index (χ4n) is 2.12. The third-order valence-corrected chi connectivity index (χ3v) is 3.21. The van der Waals surface area contributed by atoms with Gasteiger partial charge in [-0.1, -0.05) is 27.2 Å². The third-order valence-electron chi connectivity index (χ3n) is 3.21. The second kappa shape index (κ2) is 7.49. The molecule has 0 bridgehead atoms. The van der Waals surface area contributed by atoms with Crippen molar-refractivity contribution in [3.8, 4) is 0 Å². The molecule has 1 rings (SSSR count). The van der Waals surface area contributed by atoms with E-state index in [0.717, 1.165) is 25.6 Å². The minimum Gasteiger partial charge on any atom is -0.313 e. The molecule has 0 aliphatic heterocycles. The van der Waals surface area contributed by atoms with Crippen molar-refractivity contribution in [1.82, 2.24) is 15.1 Å². The molecule has 3 heteroatoms. The van der Waals surface area contributed by atoms with Gasteiger partial charge >= 0.3 is 0 Å². The summed E-state index contributed by atoms with van der Waals surface area (Å²) in [5.74, 6) is 0.718. The van der Waals surface area contributed by atoms with E-state index in [1.54, 1.807) is 0 Å². The molecule has 1 aromatic rings. The first-order valence-corrected chi connectivity index (χ1v) is 6.91. The average Bonchev–Trinajstić information content (AvgIpc) is 2.62. The number of nitrogens with one attached hydrogen (secondary N) is 1. The van der Waals surface area contributed by atoms with E-state index in [1.165, 1.54) is 30.5 Å². The summed E-state index contributed by atoms with van der Waals surface area (Å²) in [6.45, 7) is 12.0. The quantitative estimate of drug-likeness (QED) is 0.704. The first-order chi connectivity index (χ1) is 8.19. The Hall–Kier alpha value is -0.830. The van der Waals surface area contributed by atoms with Crippen LogP contribution in [0.15, 0.2) is 6.20 Å². The Morgan fingerprint density at radius 1 is 1.35 bits per heavy atom. The summed E-state index contributed by atoms with van der Waals surface area (Å²) in [5.41, 5.74) is 2.65. The normalized spacial score (nSPS) is 12.9. The van der Waals surface area contributed by atoms with Gasteiger partial charge in [0.1, 0.15) is 0 Å². The molecule has 98 valence electrons. The number of hydrogen-bond donors (Lipinski definition) is 1. The Kier molecular flexibility index (Phi) is 6.27. The molecule has 17 heavy (non-hydrogen) atoms. The van der Waals surface area contributed by atoms with Crippen molar-refractivity contribution in [2.45, 2.75) is 60.0 Å². The lowest BCUT2D eigenvalue weighted by molar-refractivity contribution is 0.414. The van der Waals surface area contributed by atoms with Crippen LogP contribution in [0.3, 0.4) is 0 Å². The van der Waals surface area contributed by atoms with Crippen LogP contribution in [0, 0.1) is 12.8 Å². The van der Waals surface area contributed by atoms with E-state index in [4.69, 9.17) is 0 Å². The molecule has 3 nitrogen and oxygen atoms in total. The minimum atomic E-state index is 0.718. The molecule has 0 aromatic carbocycles. The molecule has 1 heterocycles. The summed E-state index contributed by atoms with van der Waals surface area (Å²) < 4.78 is 2.16. The van der Waals surface area contributed by atoms with E-state index in [-0.39, 0.29) is 0 Å². The van der Waals surface area contributed by atoms with Gasteiger partial charge in [-0.2, -0.15) is 5.10 Å². The van der Waals surface area contributed by atoms with Crippen molar-refractivity contribution in [3.05, 3.63) is 17.5 Å². The standard InChI is InChI=1S/C14H27N3/c1-5-7-12(3)11-17-13(4)14(10-16-17)9-15-8-6-2/h10,12,15H,5-9,11H2,1-4H3. The van der Waals surface area contributed by atoms with Gasteiger partial charge < -0.3 is 5.32 Å². The fraction of sp³-hybridized carbons (Fsp3) is 0.786. The van der Waals surface area contributed by atoms with Crippen molar-refractivity contribution in [1.29, 1.82) is 0 Å². The highest BCUT2D eigenvalue weighted by Gasteiger charge is 2.08. The van der Waals surface area contributed by atoms with Gasteiger partial charge in [0.05, 0.1) is 6.20 Å². The lowest BCUT2D eigenvalue weighted by Gasteiger charge is -2.12. The monoisotopic (exact) mass is 237 g/mol. The van der Waals surface area contributed by atoms with Gasteiger partial charge in [-0.3, -0.25) is 4.68 Å². The Morgan fingerprint density at radius 3 is 2.76 bits per heavy atom. The molecule has 0 fully saturated rings. The van der Waals surface area contributed by atoms with Gasteiger partial charge in [0, 0.05) is 24.3 Å². The topological polar surface area (TPSA) is 29.9 Å². The predicted molar refractivity (Wildman–Crippen MR) is 73.0 cm³/mol. The van der Waals surface area contributed by atoms with E-state index >= 15 is 0 Å². The van der Waals surface area contributed by atoms with Crippen LogP contribution in [0.2, 0.25) is 0 Å². The van der Waals surface area contributed by atoms with E-state index < -0.39 is 0 Å². The van der Waals surface area contributed by atoms with E-state index in [1.807, 2.05) is 6.20 Å². The molecule has 0 aliphatic rings. The Labute approximate surface area is 106 Å². The van der Waals surface area contributed by atoms with E-state index in [0.29, 0.717) is 0 Å². The Bertz CT molecular complexity index is 317. The van der Waals surface area contributed by atoms with Crippen molar-refractivity contribution in [3.63, 3.8) is 0 Å². The highest BCUT2D eigenvalue weighted by Crippen LogP contribution is 2.12. The first kappa shape index (κ1) is 14.2. The highest BCUT2D eigenvalue weighted by atomic mass is 15.3. The minimum absolute atomic E-state index is 0.718. The van der Waals surface area contributed by atoms with Crippen LogP contribution in [0.5, 0.6) is 0 Å². The zero-order valence-electron chi connectivity index (χ0n) is 11.8. The summed E-state index contributed by atoms with van der Waals surface area (Å²) in [6.07, 6.45) is 5.73. The SMILES string of the molecule is CCCNCc1cnn(CC(C)CCC)c1C. The summed E-state index contributed by atoms with van der Waals surface area (Å²) in [5, 5.41) is 7.92. The number of hydrogen-bond acceptors (Lipinski definition) is 2. The van der Waals surface area contributed by atoms with Crippen molar-refractivity contribution in [2.75, 3.05) is 6.54 Å². The lowest BCUT2D eigenvalue weighted by Crippen LogP contribution is -2.15. The summed E-state index contributed by atoms with van der Waals surface area (Å²) in [6, 6.07) is 0. The summed E-state index contributed by atoms with van der Waals surface area (Å²) in [4.78, 5) is 0. The van der Waals surface area contributed by atoms with Crippen LogP contribution in [0.1, 0.15) is 51.3 Å². The molecule has 1 unspecified atom stereocenters. The van der Waals surface area contributed by atoms with Crippen LogP contribution in [-0.4, -0.2) is 16.3 Å². The van der Waals surface area contributed by atoms with Crippen LogP contribution < -0.4 is 5.32 Å². The van der Waals surface area contributed by atoms with Crippen molar-refractivity contribution < 1.29 is 0 Å². The van der Waals surface area contributed by atoms with Crippen LogP contribution >= 0.6 is 0 Å². The highest BCUT2D eigenvalue weighted by molar-refractivity contribution is 5.15. The van der Waals surface area contributed by atoms with Crippen molar-refractivity contribution >= 4 is 0 Å².